The number of aliphatic carboxylic acids is 1. The highest BCUT2D eigenvalue weighted by atomic mass is 16.5. The van der Waals surface area contributed by atoms with Gasteiger partial charge in [0.25, 0.3) is 0 Å². The Morgan fingerprint density at radius 2 is 1.86 bits per heavy atom. The maximum atomic E-state index is 11.8. The Bertz CT molecular complexity index is 376. The highest BCUT2D eigenvalue weighted by molar-refractivity contribution is 5.74. The number of amides is 2. The Kier molecular flexibility index (Phi) is 5.81. The summed E-state index contributed by atoms with van der Waals surface area (Å²) in [4.78, 5) is 22.6. The van der Waals surface area contributed by atoms with E-state index in [9.17, 15) is 14.7 Å². The largest absolute Gasteiger partial charge is 0.479 e. The van der Waals surface area contributed by atoms with E-state index in [1.54, 1.807) is 0 Å². The van der Waals surface area contributed by atoms with Gasteiger partial charge in [-0.1, -0.05) is 19.3 Å². The topological polar surface area (TPSA) is 108 Å². The van der Waals surface area contributed by atoms with Crippen LogP contribution in [-0.2, 0) is 9.53 Å². The number of nitrogens with one attached hydrogen (secondary N) is 2. The lowest BCUT2D eigenvalue weighted by Gasteiger charge is -2.22. The standard InChI is InChI=1S/C14H24N2O5/c17-11-5-3-1-2-4-10(11)16-14(20)15-8-9-6-7-12(21-9)13(18)19/h9-12,17H,1-8H2,(H,18,19)(H2,15,16,20). The number of carboxylic acid groups (broad SMARTS) is 1. The summed E-state index contributed by atoms with van der Waals surface area (Å²) in [6, 6.07) is -0.535. The van der Waals surface area contributed by atoms with Crippen LogP contribution in [0.4, 0.5) is 4.79 Å². The second kappa shape index (κ2) is 7.61. The molecule has 0 aromatic carbocycles. The Labute approximate surface area is 124 Å². The molecular weight excluding hydrogens is 276 g/mol. The number of hydrogen-bond acceptors (Lipinski definition) is 4. The number of carboxylic acids is 1. The van der Waals surface area contributed by atoms with Crippen LogP contribution in [-0.4, -0.2) is 53.1 Å². The molecule has 2 fully saturated rings. The minimum Gasteiger partial charge on any atom is -0.479 e. The van der Waals surface area contributed by atoms with Gasteiger partial charge in [-0.15, -0.1) is 0 Å². The fourth-order valence-electron chi connectivity index (χ4n) is 2.92. The predicted molar refractivity (Wildman–Crippen MR) is 74.9 cm³/mol. The summed E-state index contributed by atoms with van der Waals surface area (Å²) in [5.74, 6) is -0.955. The summed E-state index contributed by atoms with van der Waals surface area (Å²) in [6.07, 6.45) is 4.20. The van der Waals surface area contributed by atoms with Crippen molar-refractivity contribution >= 4 is 12.0 Å². The predicted octanol–water partition coefficient (Wildman–Crippen LogP) is 0.611. The van der Waals surface area contributed by atoms with Crippen LogP contribution in [0.3, 0.4) is 0 Å². The van der Waals surface area contributed by atoms with Crippen molar-refractivity contribution in [3.63, 3.8) is 0 Å². The molecule has 0 aromatic rings. The fraction of sp³-hybridized carbons (Fsp3) is 0.857. The van der Waals surface area contributed by atoms with E-state index in [0.717, 1.165) is 32.1 Å². The third-order valence-corrected chi connectivity index (χ3v) is 4.17. The Balaban J connectivity index is 1.69. The van der Waals surface area contributed by atoms with Crippen LogP contribution in [0.15, 0.2) is 0 Å². The molecule has 120 valence electrons. The van der Waals surface area contributed by atoms with E-state index >= 15 is 0 Å². The summed E-state index contributed by atoms with van der Waals surface area (Å²) in [6.45, 7) is 0.290. The van der Waals surface area contributed by atoms with Gasteiger partial charge in [0.1, 0.15) is 0 Å². The first kappa shape index (κ1) is 16.0. The molecule has 2 amide bonds. The first-order valence-corrected chi connectivity index (χ1v) is 7.67. The van der Waals surface area contributed by atoms with Gasteiger partial charge < -0.3 is 25.6 Å². The lowest BCUT2D eigenvalue weighted by Crippen LogP contribution is -2.48. The van der Waals surface area contributed by atoms with Crippen LogP contribution in [0, 0.1) is 0 Å². The Morgan fingerprint density at radius 3 is 2.57 bits per heavy atom. The molecule has 0 bridgehead atoms. The van der Waals surface area contributed by atoms with Crippen LogP contribution in [0.1, 0.15) is 44.9 Å². The molecule has 4 unspecified atom stereocenters. The minimum absolute atomic E-state index is 0.205. The molecule has 7 nitrogen and oxygen atoms in total. The van der Waals surface area contributed by atoms with E-state index in [1.807, 2.05) is 0 Å². The van der Waals surface area contributed by atoms with Gasteiger partial charge in [0.05, 0.1) is 18.2 Å². The van der Waals surface area contributed by atoms with Crippen molar-refractivity contribution in [2.45, 2.75) is 69.3 Å². The average molecular weight is 300 g/mol. The maximum absolute atomic E-state index is 11.8. The van der Waals surface area contributed by atoms with Crippen molar-refractivity contribution in [1.82, 2.24) is 10.6 Å². The van der Waals surface area contributed by atoms with Gasteiger partial charge in [0.2, 0.25) is 0 Å². The van der Waals surface area contributed by atoms with Gasteiger partial charge >= 0.3 is 12.0 Å². The molecule has 7 heteroatoms. The van der Waals surface area contributed by atoms with Gasteiger partial charge in [0, 0.05) is 6.54 Å². The lowest BCUT2D eigenvalue weighted by molar-refractivity contribution is -0.149. The van der Waals surface area contributed by atoms with Crippen molar-refractivity contribution in [2.24, 2.45) is 0 Å². The summed E-state index contributed by atoms with van der Waals surface area (Å²) in [5.41, 5.74) is 0. The van der Waals surface area contributed by atoms with E-state index in [1.165, 1.54) is 0 Å². The van der Waals surface area contributed by atoms with Gasteiger partial charge in [0.15, 0.2) is 6.10 Å². The normalized spacial score (nSPS) is 33.2. The van der Waals surface area contributed by atoms with Gasteiger partial charge in [-0.2, -0.15) is 0 Å². The van der Waals surface area contributed by atoms with E-state index in [-0.39, 0.29) is 18.2 Å². The second-order valence-electron chi connectivity index (χ2n) is 5.83. The van der Waals surface area contributed by atoms with Gasteiger partial charge in [-0.3, -0.25) is 0 Å². The molecule has 21 heavy (non-hydrogen) atoms. The number of carbonyl (C=O) groups excluding carboxylic acids is 1. The van der Waals surface area contributed by atoms with Crippen molar-refractivity contribution in [3.05, 3.63) is 0 Å². The minimum atomic E-state index is -0.955. The number of hydrogen-bond donors (Lipinski definition) is 4. The Morgan fingerprint density at radius 1 is 1.10 bits per heavy atom. The molecule has 0 aromatic heterocycles. The maximum Gasteiger partial charge on any atom is 0.332 e. The quantitative estimate of drug-likeness (QED) is 0.569. The smallest absolute Gasteiger partial charge is 0.332 e. The number of ether oxygens (including phenoxy) is 1. The summed E-state index contributed by atoms with van der Waals surface area (Å²) >= 11 is 0. The monoisotopic (exact) mass is 300 g/mol. The van der Waals surface area contributed by atoms with E-state index < -0.39 is 18.2 Å². The molecule has 1 aliphatic heterocycles. The molecule has 1 saturated heterocycles. The second-order valence-corrected chi connectivity index (χ2v) is 5.83. The average Bonchev–Trinajstić information content (AvgIpc) is 2.84. The molecule has 2 rings (SSSR count). The highest BCUT2D eigenvalue weighted by Crippen LogP contribution is 2.19. The molecule has 1 saturated carbocycles. The molecule has 1 heterocycles. The van der Waals surface area contributed by atoms with Crippen LogP contribution in [0.2, 0.25) is 0 Å². The zero-order valence-corrected chi connectivity index (χ0v) is 12.1. The van der Waals surface area contributed by atoms with Crippen LogP contribution >= 0.6 is 0 Å². The number of rotatable bonds is 4. The van der Waals surface area contributed by atoms with E-state index in [4.69, 9.17) is 9.84 Å². The Hall–Kier alpha value is -1.34. The first-order chi connectivity index (χ1) is 10.1. The molecule has 0 spiro atoms. The van der Waals surface area contributed by atoms with E-state index in [2.05, 4.69) is 10.6 Å². The van der Waals surface area contributed by atoms with Crippen molar-refractivity contribution in [2.75, 3.05) is 6.54 Å². The molecule has 1 aliphatic carbocycles. The first-order valence-electron chi connectivity index (χ1n) is 7.67. The SMILES string of the molecule is O=C(NCC1CCC(C(=O)O)O1)NC1CCCCCC1O. The number of carbonyl (C=O) groups is 2. The molecular formula is C14H24N2O5. The summed E-state index contributed by atoms with van der Waals surface area (Å²) in [7, 11) is 0. The third-order valence-electron chi connectivity index (χ3n) is 4.17. The van der Waals surface area contributed by atoms with Gasteiger partial charge in [-0.05, 0) is 25.7 Å². The van der Waals surface area contributed by atoms with Crippen LogP contribution in [0.25, 0.3) is 0 Å². The van der Waals surface area contributed by atoms with Crippen molar-refractivity contribution in [1.29, 1.82) is 0 Å². The van der Waals surface area contributed by atoms with Crippen LogP contribution in [0.5, 0.6) is 0 Å². The molecule has 4 atom stereocenters. The molecule has 0 radical (unpaired) electrons. The van der Waals surface area contributed by atoms with Crippen LogP contribution < -0.4 is 10.6 Å². The molecule has 4 N–H and O–H groups in total. The van der Waals surface area contributed by atoms with Gasteiger partial charge in [-0.25, -0.2) is 9.59 Å². The molecule has 2 aliphatic rings. The number of aliphatic hydroxyl groups is 1. The number of aliphatic hydroxyl groups excluding tert-OH is 1. The summed E-state index contributed by atoms with van der Waals surface area (Å²) in [5, 5.41) is 24.3. The summed E-state index contributed by atoms with van der Waals surface area (Å²) < 4.78 is 5.31. The zero-order chi connectivity index (χ0) is 15.2. The lowest BCUT2D eigenvalue weighted by atomic mass is 10.1. The van der Waals surface area contributed by atoms with Crippen molar-refractivity contribution < 1.29 is 24.5 Å². The third kappa shape index (κ3) is 4.86. The fourth-order valence-corrected chi connectivity index (χ4v) is 2.92. The van der Waals surface area contributed by atoms with Crippen molar-refractivity contribution in [3.8, 4) is 0 Å². The van der Waals surface area contributed by atoms with E-state index in [0.29, 0.717) is 19.4 Å². The number of urea groups is 1. The zero-order valence-electron chi connectivity index (χ0n) is 12.1. The highest BCUT2D eigenvalue weighted by Gasteiger charge is 2.30.